The number of para-hydroxylation sites is 1. The van der Waals surface area contributed by atoms with Gasteiger partial charge in [-0.15, -0.1) is 0 Å². The van der Waals surface area contributed by atoms with Crippen molar-refractivity contribution in [1.82, 2.24) is 4.57 Å². The minimum absolute atomic E-state index is 0.203. The summed E-state index contributed by atoms with van der Waals surface area (Å²) in [5.41, 5.74) is 2.81. The molecule has 0 aliphatic carbocycles. The lowest BCUT2D eigenvalue weighted by molar-refractivity contribution is -0.151. The van der Waals surface area contributed by atoms with Crippen molar-refractivity contribution in [2.75, 3.05) is 25.1 Å². The number of nitrogens with zero attached hydrogens (tertiary/aromatic N) is 2. The number of amides is 1. The number of esters is 1. The van der Waals surface area contributed by atoms with Crippen molar-refractivity contribution in [3.05, 3.63) is 47.2 Å². The molecule has 0 spiro atoms. The van der Waals surface area contributed by atoms with Gasteiger partial charge in [-0.1, -0.05) is 18.2 Å². The maximum absolute atomic E-state index is 12.2. The van der Waals surface area contributed by atoms with Gasteiger partial charge in [0, 0.05) is 18.0 Å². The fourth-order valence-corrected chi connectivity index (χ4v) is 2.50. The molecule has 0 atom stereocenters. The summed E-state index contributed by atoms with van der Waals surface area (Å²) in [6.07, 6.45) is 0. The minimum atomic E-state index is -0.617. The van der Waals surface area contributed by atoms with Crippen LogP contribution in [-0.4, -0.2) is 36.3 Å². The quantitative estimate of drug-likeness (QED) is 0.770. The number of carbonyl (C=O) groups is 2. The largest absolute Gasteiger partial charge is 0.454 e. The summed E-state index contributed by atoms with van der Waals surface area (Å²) >= 11 is 0. The number of anilines is 1. The first-order valence-electron chi connectivity index (χ1n) is 8.20. The molecule has 2 aromatic rings. The zero-order valence-electron chi connectivity index (χ0n) is 15.0. The van der Waals surface area contributed by atoms with Gasteiger partial charge in [-0.2, -0.15) is 5.26 Å². The normalized spacial score (nSPS) is 10.2. The van der Waals surface area contributed by atoms with Gasteiger partial charge < -0.3 is 14.8 Å². The molecule has 0 saturated carbocycles. The van der Waals surface area contributed by atoms with Crippen LogP contribution in [0, 0.1) is 25.2 Å². The van der Waals surface area contributed by atoms with E-state index < -0.39 is 18.5 Å². The van der Waals surface area contributed by atoms with Crippen molar-refractivity contribution < 1.29 is 19.1 Å². The number of hydrogen-bond acceptors (Lipinski definition) is 5. The van der Waals surface area contributed by atoms with Gasteiger partial charge in [-0.25, -0.2) is 4.79 Å². The smallest absolute Gasteiger partial charge is 0.332 e. The van der Waals surface area contributed by atoms with Crippen LogP contribution in [0.15, 0.2) is 30.3 Å². The predicted octanol–water partition coefficient (Wildman–Crippen LogP) is 2.48. The Balaban J connectivity index is 2.23. The Morgan fingerprint density at radius 1 is 1.19 bits per heavy atom. The van der Waals surface area contributed by atoms with Crippen LogP contribution in [0.4, 0.5) is 5.82 Å². The maximum atomic E-state index is 12.2. The molecule has 1 heterocycles. The fourth-order valence-electron chi connectivity index (χ4n) is 2.50. The first-order chi connectivity index (χ1) is 12.5. The van der Waals surface area contributed by atoms with Crippen molar-refractivity contribution in [2.45, 2.75) is 20.8 Å². The zero-order chi connectivity index (χ0) is 19.1. The first kappa shape index (κ1) is 19.2. The van der Waals surface area contributed by atoms with Crippen LogP contribution in [0.5, 0.6) is 0 Å². The molecule has 0 saturated heterocycles. The third-order valence-corrected chi connectivity index (χ3v) is 3.89. The molecule has 26 heavy (non-hydrogen) atoms. The van der Waals surface area contributed by atoms with Crippen molar-refractivity contribution in [1.29, 1.82) is 5.26 Å². The summed E-state index contributed by atoms with van der Waals surface area (Å²) in [5, 5.41) is 12.2. The highest BCUT2D eigenvalue weighted by atomic mass is 16.6. The Hall–Kier alpha value is -3.11. The number of ether oxygens (including phenoxy) is 2. The Kier molecular flexibility index (Phi) is 6.53. The summed E-state index contributed by atoms with van der Waals surface area (Å²) in [6.45, 7) is 5.19. The molecule has 0 bridgehead atoms. The lowest BCUT2D eigenvalue weighted by Crippen LogP contribution is -2.24. The standard InChI is InChI=1S/C19H21N3O4/c1-4-25-12-18(24)26-11-17(23)21-19-16(10-20)13(2)14(3)22(19)15-8-6-5-7-9-15/h5-9H,4,11-12H2,1-3H3,(H,21,23). The van der Waals surface area contributed by atoms with Gasteiger partial charge in [0.1, 0.15) is 18.5 Å². The van der Waals surface area contributed by atoms with Crippen molar-refractivity contribution in [3.8, 4) is 11.8 Å². The van der Waals surface area contributed by atoms with Crippen LogP contribution >= 0.6 is 0 Å². The summed E-state index contributed by atoms with van der Waals surface area (Å²) < 4.78 is 11.6. The molecule has 136 valence electrons. The first-order valence-corrected chi connectivity index (χ1v) is 8.20. The summed E-state index contributed by atoms with van der Waals surface area (Å²) in [4.78, 5) is 23.7. The molecule has 1 N–H and O–H groups in total. The van der Waals surface area contributed by atoms with Crippen LogP contribution < -0.4 is 5.32 Å². The predicted molar refractivity (Wildman–Crippen MR) is 96.0 cm³/mol. The van der Waals surface area contributed by atoms with Gasteiger partial charge in [-0.05, 0) is 38.5 Å². The SMILES string of the molecule is CCOCC(=O)OCC(=O)Nc1c(C#N)c(C)c(C)n1-c1ccccc1. The highest BCUT2D eigenvalue weighted by Crippen LogP contribution is 2.29. The molecule has 0 fully saturated rings. The molecule has 0 radical (unpaired) electrons. The van der Waals surface area contributed by atoms with E-state index in [0.29, 0.717) is 18.0 Å². The van der Waals surface area contributed by atoms with E-state index in [-0.39, 0.29) is 6.61 Å². The molecule has 7 heteroatoms. The Morgan fingerprint density at radius 3 is 2.50 bits per heavy atom. The molecule has 0 aliphatic rings. The number of nitriles is 1. The number of nitrogens with one attached hydrogen (secondary N) is 1. The topological polar surface area (TPSA) is 93.3 Å². The average Bonchev–Trinajstić information content (AvgIpc) is 2.88. The van der Waals surface area contributed by atoms with Crippen LogP contribution in [0.3, 0.4) is 0 Å². The van der Waals surface area contributed by atoms with E-state index in [1.807, 2.05) is 44.2 Å². The second kappa shape index (κ2) is 8.83. The van der Waals surface area contributed by atoms with E-state index in [4.69, 9.17) is 9.47 Å². The van der Waals surface area contributed by atoms with E-state index >= 15 is 0 Å². The number of aromatic nitrogens is 1. The van der Waals surface area contributed by atoms with E-state index in [0.717, 1.165) is 16.9 Å². The van der Waals surface area contributed by atoms with Crippen molar-refractivity contribution in [3.63, 3.8) is 0 Å². The number of rotatable bonds is 7. The van der Waals surface area contributed by atoms with Crippen molar-refractivity contribution in [2.24, 2.45) is 0 Å². The van der Waals surface area contributed by atoms with Gasteiger partial charge in [-0.3, -0.25) is 9.36 Å². The van der Waals surface area contributed by atoms with Crippen LogP contribution in [0.25, 0.3) is 5.69 Å². The molecule has 7 nitrogen and oxygen atoms in total. The molecule has 0 aliphatic heterocycles. The molecule has 1 amide bonds. The third kappa shape index (κ3) is 4.29. The zero-order valence-corrected chi connectivity index (χ0v) is 15.0. The highest BCUT2D eigenvalue weighted by Gasteiger charge is 2.21. The van der Waals surface area contributed by atoms with Crippen LogP contribution in [-0.2, 0) is 19.1 Å². The maximum Gasteiger partial charge on any atom is 0.332 e. The molecule has 2 rings (SSSR count). The lowest BCUT2D eigenvalue weighted by Gasteiger charge is -2.13. The minimum Gasteiger partial charge on any atom is -0.454 e. The van der Waals surface area contributed by atoms with E-state index in [9.17, 15) is 14.9 Å². The monoisotopic (exact) mass is 355 g/mol. The van der Waals surface area contributed by atoms with Crippen LogP contribution in [0.2, 0.25) is 0 Å². The van der Waals surface area contributed by atoms with Gasteiger partial charge in [0.15, 0.2) is 6.61 Å². The molecule has 1 aromatic heterocycles. The van der Waals surface area contributed by atoms with Gasteiger partial charge >= 0.3 is 5.97 Å². The second-order valence-corrected chi connectivity index (χ2v) is 5.56. The fraction of sp³-hybridized carbons (Fsp3) is 0.316. The van der Waals surface area contributed by atoms with Gasteiger partial charge in [0.25, 0.3) is 5.91 Å². The number of hydrogen-bond donors (Lipinski definition) is 1. The van der Waals surface area contributed by atoms with Crippen LogP contribution in [0.1, 0.15) is 23.7 Å². The molecule has 1 aromatic carbocycles. The van der Waals surface area contributed by atoms with E-state index in [2.05, 4.69) is 11.4 Å². The Bertz CT molecular complexity index is 835. The summed E-state index contributed by atoms with van der Waals surface area (Å²) in [5.74, 6) is -0.783. The van der Waals surface area contributed by atoms with E-state index in [1.165, 1.54) is 0 Å². The molecule has 0 unspecified atom stereocenters. The third-order valence-electron chi connectivity index (χ3n) is 3.89. The average molecular weight is 355 g/mol. The number of benzene rings is 1. The second-order valence-electron chi connectivity index (χ2n) is 5.56. The lowest BCUT2D eigenvalue weighted by atomic mass is 10.2. The Morgan fingerprint density at radius 2 is 1.88 bits per heavy atom. The van der Waals surface area contributed by atoms with Gasteiger partial charge in [0.2, 0.25) is 0 Å². The van der Waals surface area contributed by atoms with Gasteiger partial charge in [0.05, 0.1) is 5.56 Å². The molecular weight excluding hydrogens is 334 g/mol. The Labute approximate surface area is 152 Å². The summed E-state index contributed by atoms with van der Waals surface area (Å²) in [6, 6.07) is 11.5. The van der Waals surface area contributed by atoms with Crippen molar-refractivity contribution >= 4 is 17.7 Å². The highest BCUT2D eigenvalue weighted by molar-refractivity contribution is 5.94. The van der Waals surface area contributed by atoms with E-state index in [1.54, 1.807) is 11.5 Å². The summed E-state index contributed by atoms with van der Waals surface area (Å²) in [7, 11) is 0. The number of carbonyl (C=O) groups excluding carboxylic acids is 2. The molecular formula is C19H21N3O4.